The summed E-state index contributed by atoms with van der Waals surface area (Å²) in [4.78, 5) is 32.5. The number of likely N-dealkylation sites (tertiary alicyclic amines) is 1. The third-order valence-corrected chi connectivity index (χ3v) is 7.97. The summed E-state index contributed by atoms with van der Waals surface area (Å²) >= 11 is 0. The second-order valence-corrected chi connectivity index (χ2v) is 10.8. The topological polar surface area (TPSA) is 122 Å². The van der Waals surface area contributed by atoms with Gasteiger partial charge in [-0.15, -0.1) is 0 Å². The number of amides is 3. The predicted molar refractivity (Wildman–Crippen MR) is 165 cm³/mol. The quantitative estimate of drug-likeness (QED) is 0.204. The van der Waals surface area contributed by atoms with E-state index in [2.05, 4.69) is 15.6 Å². The van der Waals surface area contributed by atoms with Gasteiger partial charge in [0.25, 0.3) is 0 Å². The van der Waals surface area contributed by atoms with Crippen LogP contribution in [-0.2, 0) is 11.2 Å². The van der Waals surface area contributed by atoms with Crippen molar-refractivity contribution >= 4 is 28.5 Å². The van der Waals surface area contributed by atoms with E-state index in [1.807, 2.05) is 49.5 Å². The largest absolute Gasteiger partial charge is 0.495 e. The zero-order chi connectivity index (χ0) is 30.3. The fourth-order valence-corrected chi connectivity index (χ4v) is 5.56. The van der Waals surface area contributed by atoms with Gasteiger partial charge < -0.3 is 35.7 Å². The van der Waals surface area contributed by atoms with Crippen LogP contribution in [0.4, 0.5) is 14.9 Å². The molecule has 1 aliphatic rings. The molecule has 1 saturated heterocycles. The third-order valence-electron chi connectivity index (χ3n) is 7.97. The lowest BCUT2D eigenvalue weighted by Crippen LogP contribution is -2.53. The first-order valence-electron chi connectivity index (χ1n) is 14.6. The highest BCUT2D eigenvalue weighted by atomic mass is 19.1. The Morgan fingerprint density at radius 3 is 2.56 bits per heavy atom. The number of rotatable bonds is 10. The number of ether oxygens (including phenoxy) is 2. The van der Waals surface area contributed by atoms with Crippen molar-refractivity contribution in [1.82, 2.24) is 15.2 Å². The monoisotopic (exact) mass is 587 g/mol. The van der Waals surface area contributed by atoms with Crippen LogP contribution in [0.3, 0.4) is 0 Å². The minimum absolute atomic E-state index is 0.0907. The van der Waals surface area contributed by atoms with Crippen LogP contribution in [-0.4, -0.2) is 60.7 Å². The molecule has 9 nitrogen and oxygen atoms in total. The zero-order valence-corrected chi connectivity index (χ0v) is 24.4. The summed E-state index contributed by atoms with van der Waals surface area (Å²) in [6.45, 7) is 3.33. The van der Waals surface area contributed by atoms with Crippen molar-refractivity contribution < 1.29 is 23.5 Å². The van der Waals surface area contributed by atoms with E-state index in [1.165, 1.54) is 12.1 Å². The van der Waals surface area contributed by atoms with Crippen molar-refractivity contribution in [3.8, 4) is 11.5 Å². The molecule has 43 heavy (non-hydrogen) atoms. The zero-order valence-electron chi connectivity index (χ0n) is 24.4. The van der Waals surface area contributed by atoms with Gasteiger partial charge in [0.1, 0.15) is 29.5 Å². The van der Waals surface area contributed by atoms with Crippen molar-refractivity contribution in [2.75, 3.05) is 32.1 Å². The van der Waals surface area contributed by atoms with Crippen LogP contribution in [0.25, 0.3) is 10.9 Å². The van der Waals surface area contributed by atoms with E-state index in [4.69, 9.17) is 15.2 Å². The number of H-pyrrole nitrogens is 1. The fraction of sp³-hybridized carbons (Fsp3) is 0.333. The van der Waals surface area contributed by atoms with Crippen molar-refractivity contribution in [3.63, 3.8) is 0 Å². The average molecular weight is 588 g/mol. The van der Waals surface area contributed by atoms with Crippen LogP contribution < -0.4 is 25.8 Å². The number of fused-ring (bicyclic) bond motifs is 1. The number of halogens is 1. The molecule has 0 spiro atoms. The Morgan fingerprint density at radius 1 is 1.09 bits per heavy atom. The molecule has 0 aliphatic carbocycles. The van der Waals surface area contributed by atoms with Crippen molar-refractivity contribution in [3.05, 3.63) is 89.9 Å². The molecule has 1 aromatic heterocycles. The van der Waals surface area contributed by atoms with Gasteiger partial charge in [0.05, 0.1) is 12.8 Å². The Bertz CT molecular complexity index is 1550. The molecule has 3 amide bonds. The Kier molecular flexibility index (Phi) is 9.46. The van der Waals surface area contributed by atoms with Gasteiger partial charge in [-0.05, 0) is 66.6 Å². The van der Waals surface area contributed by atoms with E-state index in [-0.39, 0.29) is 29.8 Å². The standard InChI is InChI=1S/C33H38FN5O4/c1-21(27-20-36-28-6-4-3-5-26(27)28)31(32(40)37-29-19-22(13-16-35)7-12-30(29)42-2)38-33(41)39-17-14-25(15-18-39)43-24-10-8-23(34)9-11-24/h3-12,19-21,25,31,36H,13-18,35H2,1-2H3,(H,37,40)(H,38,41)/t21-,31-/m1/s1. The van der Waals surface area contributed by atoms with Crippen LogP contribution in [0, 0.1) is 5.82 Å². The summed E-state index contributed by atoms with van der Waals surface area (Å²) in [7, 11) is 1.55. The highest BCUT2D eigenvalue weighted by Gasteiger charge is 2.33. The molecule has 2 heterocycles. The number of carbonyl (C=O) groups is 2. The molecule has 1 aliphatic heterocycles. The number of anilines is 1. The van der Waals surface area contributed by atoms with Gasteiger partial charge in [0, 0.05) is 48.9 Å². The van der Waals surface area contributed by atoms with Crippen LogP contribution in [0.5, 0.6) is 11.5 Å². The van der Waals surface area contributed by atoms with Gasteiger partial charge in [-0.25, -0.2) is 9.18 Å². The number of methoxy groups -OCH3 is 1. The van der Waals surface area contributed by atoms with Gasteiger partial charge in [0.2, 0.25) is 5.91 Å². The lowest BCUT2D eigenvalue weighted by Gasteiger charge is -2.34. The number of nitrogens with two attached hydrogens (primary N) is 1. The number of nitrogens with one attached hydrogen (secondary N) is 3. The first-order chi connectivity index (χ1) is 20.9. The summed E-state index contributed by atoms with van der Waals surface area (Å²) in [6, 6.07) is 18.2. The first kappa shape index (κ1) is 29.9. The smallest absolute Gasteiger partial charge is 0.318 e. The molecule has 0 saturated carbocycles. The number of hydrogen-bond acceptors (Lipinski definition) is 5. The van der Waals surface area contributed by atoms with E-state index >= 15 is 0 Å². The summed E-state index contributed by atoms with van der Waals surface area (Å²) < 4.78 is 24.7. The second-order valence-electron chi connectivity index (χ2n) is 10.8. The number of aromatic nitrogens is 1. The molecular formula is C33H38FN5O4. The number of nitrogens with zero attached hydrogens (tertiary/aromatic N) is 1. The lowest BCUT2D eigenvalue weighted by atomic mass is 9.92. The van der Waals surface area contributed by atoms with Crippen molar-refractivity contribution in [2.24, 2.45) is 5.73 Å². The maximum atomic E-state index is 13.9. The molecule has 4 aromatic rings. The number of aromatic amines is 1. The van der Waals surface area contributed by atoms with Gasteiger partial charge in [-0.3, -0.25) is 4.79 Å². The molecule has 0 unspecified atom stereocenters. The highest BCUT2D eigenvalue weighted by Crippen LogP contribution is 2.31. The highest BCUT2D eigenvalue weighted by molar-refractivity contribution is 5.99. The number of para-hydroxylation sites is 1. The van der Waals surface area contributed by atoms with E-state index in [0.717, 1.165) is 22.0 Å². The number of benzene rings is 3. The molecule has 1 fully saturated rings. The van der Waals surface area contributed by atoms with E-state index in [1.54, 1.807) is 30.2 Å². The predicted octanol–water partition coefficient (Wildman–Crippen LogP) is 5.18. The second kappa shape index (κ2) is 13.6. The normalized spacial score (nSPS) is 15.1. The fourth-order valence-electron chi connectivity index (χ4n) is 5.56. The molecule has 0 bridgehead atoms. The number of urea groups is 1. The van der Waals surface area contributed by atoms with Crippen molar-refractivity contribution in [2.45, 2.75) is 44.2 Å². The van der Waals surface area contributed by atoms with Gasteiger partial charge in [0.15, 0.2) is 0 Å². The average Bonchev–Trinajstić information content (AvgIpc) is 3.45. The molecule has 5 rings (SSSR count). The first-order valence-corrected chi connectivity index (χ1v) is 14.6. The summed E-state index contributed by atoms with van der Waals surface area (Å²) in [5.74, 6) is 0.0734. The molecule has 3 aromatic carbocycles. The Hall–Kier alpha value is -4.57. The minimum atomic E-state index is -0.886. The van der Waals surface area contributed by atoms with Gasteiger partial charge >= 0.3 is 6.03 Å². The third kappa shape index (κ3) is 7.09. The molecule has 2 atom stereocenters. The molecule has 10 heteroatoms. The number of carbonyl (C=O) groups excluding carboxylic acids is 2. The van der Waals surface area contributed by atoms with Crippen LogP contribution in [0.1, 0.15) is 36.8 Å². The van der Waals surface area contributed by atoms with Crippen molar-refractivity contribution in [1.29, 1.82) is 0 Å². The minimum Gasteiger partial charge on any atom is -0.495 e. The summed E-state index contributed by atoms with van der Waals surface area (Å²) in [6.07, 6.45) is 3.68. The number of piperidine rings is 1. The molecule has 5 N–H and O–H groups in total. The summed E-state index contributed by atoms with van der Waals surface area (Å²) in [5.41, 5.74) is 9.11. The van der Waals surface area contributed by atoms with E-state index in [0.29, 0.717) is 56.1 Å². The molecule has 226 valence electrons. The lowest BCUT2D eigenvalue weighted by molar-refractivity contribution is -0.118. The van der Waals surface area contributed by atoms with Gasteiger partial charge in [-0.1, -0.05) is 31.2 Å². The van der Waals surface area contributed by atoms with E-state index in [9.17, 15) is 14.0 Å². The summed E-state index contributed by atoms with van der Waals surface area (Å²) in [5, 5.41) is 7.02. The van der Waals surface area contributed by atoms with Gasteiger partial charge in [-0.2, -0.15) is 0 Å². The molecular weight excluding hydrogens is 549 g/mol. The Morgan fingerprint density at radius 2 is 1.84 bits per heavy atom. The Labute approximate surface area is 250 Å². The number of hydrogen-bond donors (Lipinski definition) is 4. The van der Waals surface area contributed by atoms with Crippen LogP contribution in [0.15, 0.2) is 72.9 Å². The molecule has 0 radical (unpaired) electrons. The maximum Gasteiger partial charge on any atom is 0.318 e. The van der Waals surface area contributed by atoms with Crippen LogP contribution in [0.2, 0.25) is 0 Å². The SMILES string of the molecule is COc1ccc(CCN)cc1NC(=O)[C@H](NC(=O)N1CCC(Oc2ccc(F)cc2)CC1)[C@H](C)c1c[nH]c2ccccc12. The van der Waals surface area contributed by atoms with E-state index < -0.39 is 6.04 Å². The maximum absolute atomic E-state index is 13.9. The Balaban J connectivity index is 1.33. The van der Waals surface area contributed by atoms with Crippen LogP contribution >= 0.6 is 0 Å².